The number of halogens is 3. The summed E-state index contributed by atoms with van der Waals surface area (Å²) < 4.78 is 38.1. The summed E-state index contributed by atoms with van der Waals surface area (Å²) in [5.41, 5.74) is 3.56. The lowest BCUT2D eigenvalue weighted by Gasteiger charge is -2.15. The number of nitrogen functional groups attached to an aromatic ring is 1. The van der Waals surface area contributed by atoms with Crippen molar-refractivity contribution in [3.8, 4) is 0 Å². The first-order valence-corrected chi connectivity index (χ1v) is 6.32. The van der Waals surface area contributed by atoms with E-state index < -0.39 is 23.3 Å². The minimum absolute atomic E-state index is 0.104. The van der Waals surface area contributed by atoms with Gasteiger partial charge in [0.25, 0.3) is 5.91 Å². The number of anilines is 1. The monoisotopic (exact) mass is 301 g/mol. The third-order valence-electron chi connectivity index (χ3n) is 3.25. The van der Waals surface area contributed by atoms with Gasteiger partial charge in [-0.3, -0.25) is 9.59 Å². The van der Waals surface area contributed by atoms with Gasteiger partial charge in [0.2, 0.25) is 5.91 Å². The van der Waals surface area contributed by atoms with Crippen LogP contribution in [0.25, 0.3) is 0 Å². The number of nitrogens with two attached hydrogens (primary N) is 1. The van der Waals surface area contributed by atoms with E-state index in [9.17, 15) is 22.8 Å². The quantitative estimate of drug-likeness (QED) is 0.736. The summed E-state index contributed by atoms with van der Waals surface area (Å²) in [5, 5.41) is 5.13. The fraction of sp³-hybridized carbons (Fsp3) is 0.385. The van der Waals surface area contributed by atoms with Crippen LogP contribution in [0.1, 0.15) is 28.8 Å². The highest BCUT2D eigenvalue weighted by atomic mass is 19.4. The summed E-state index contributed by atoms with van der Waals surface area (Å²) in [6.07, 6.45) is -3.65. The zero-order valence-corrected chi connectivity index (χ0v) is 11.0. The van der Waals surface area contributed by atoms with Crippen LogP contribution in [-0.2, 0) is 11.0 Å². The van der Waals surface area contributed by atoms with Crippen molar-refractivity contribution < 1.29 is 22.8 Å². The number of hydrogen-bond acceptors (Lipinski definition) is 3. The van der Waals surface area contributed by atoms with Crippen molar-refractivity contribution in [3.05, 3.63) is 29.3 Å². The molecule has 8 heteroatoms. The largest absolute Gasteiger partial charge is 0.418 e. The van der Waals surface area contributed by atoms with Crippen LogP contribution in [0.15, 0.2) is 18.2 Å². The van der Waals surface area contributed by atoms with Crippen molar-refractivity contribution in [2.75, 3.05) is 12.3 Å². The standard InChI is InChI=1S/C13H14F3N3O2/c14-13(15,16)9-3-1-2-8(11(9)17)12(21)18-6-7-4-5-10(20)19-7/h1-3,7H,4-6,17H2,(H,18,21)(H,19,20). The molecule has 1 fully saturated rings. The minimum atomic E-state index is -4.61. The Morgan fingerprint density at radius 3 is 2.71 bits per heavy atom. The molecule has 0 saturated carbocycles. The molecule has 1 atom stereocenters. The highest BCUT2D eigenvalue weighted by molar-refractivity contribution is 5.99. The number of rotatable bonds is 3. The molecular formula is C13H14F3N3O2. The highest BCUT2D eigenvalue weighted by Gasteiger charge is 2.34. The zero-order valence-electron chi connectivity index (χ0n) is 11.0. The van der Waals surface area contributed by atoms with Gasteiger partial charge in [-0.2, -0.15) is 13.2 Å². The Kier molecular flexibility index (Phi) is 4.06. The molecule has 0 spiro atoms. The predicted octanol–water partition coefficient (Wildman–Crippen LogP) is 1.30. The molecule has 2 amide bonds. The fourth-order valence-corrected chi connectivity index (χ4v) is 2.15. The number of para-hydroxylation sites is 1. The van der Waals surface area contributed by atoms with E-state index in [4.69, 9.17) is 5.73 Å². The van der Waals surface area contributed by atoms with Gasteiger partial charge in [-0.25, -0.2) is 0 Å². The van der Waals surface area contributed by atoms with Crippen LogP contribution >= 0.6 is 0 Å². The third-order valence-corrected chi connectivity index (χ3v) is 3.25. The molecule has 1 unspecified atom stereocenters. The van der Waals surface area contributed by atoms with Crippen LogP contribution in [0.4, 0.5) is 18.9 Å². The van der Waals surface area contributed by atoms with Crippen LogP contribution < -0.4 is 16.4 Å². The van der Waals surface area contributed by atoms with Crippen molar-refractivity contribution in [1.82, 2.24) is 10.6 Å². The molecule has 1 aliphatic rings. The second-order valence-corrected chi connectivity index (χ2v) is 4.78. The van der Waals surface area contributed by atoms with Crippen LogP contribution in [0.5, 0.6) is 0 Å². The number of carbonyl (C=O) groups excluding carboxylic acids is 2. The van der Waals surface area contributed by atoms with Gasteiger partial charge < -0.3 is 16.4 Å². The number of amides is 2. The summed E-state index contributed by atoms with van der Waals surface area (Å²) in [6.45, 7) is 0.153. The van der Waals surface area contributed by atoms with Gasteiger partial charge in [-0.15, -0.1) is 0 Å². The minimum Gasteiger partial charge on any atom is -0.398 e. The number of hydrogen-bond donors (Lipinski definition) is 3. The van der Waals surface area contributed by atoms with E-state index in [2.05, 4.69) is 10.6 Å². The third kappa shape index (κ3) is 3.45. The first-order chi connectivity index (χ1) is 9.79. The van der Waals surface area contributed by atoms with Crippen molar-refractivity contribution >= 4 is 17.5 Å². The predicted molar refractivity (Wildman–Crippen MR) is 69.4 cm³/mol. The topological polar surface area (TPSA) is 84.2 Å². The molecule has 1 heterocycles. The maximum Gasteiger partial charge on any atom is 0.418 e. The van der Waals surface area contributed by atoms with E-state index in [-0.39, 0.29) is 24.1 Å². The Bertz CT molecular complexity index is 572. The molecule has 0 bridgehead atoms. The van der Waals surface area contributed by atoms with E-state index in [0.29, 0.717) is 12.8 Å². The van der Waals surface area contributed by atoms with Crippen molar-refractivity contribution in [2.24, 2.45) is 0 Å². The molecule has 21 heavy (non-hydrogen) atoms. The molecule has 1 aromatic rings. The van der Waals surface area contributed by atoms with Gasteiger partial charge in [0.15, 0.2) is 0 Å². The normalized spacial score (nSPS) is 18.4. The molecule has 0 radical (unpaired) electrons. The average molecular weight is 301 g/mol. The molecule has 114 valence electrons. The van der Waals surface area contributed by atoms with E-state index in [1.165, 1.54) is 6.07 Å². The first kappa shape index (κ1) is 15.1. The Labute approximate surface area is 118 Å². The summed E-state index contributed by atoms with van der Waals surface area (Å²) >= 11 is 0. The van der Waals surface area contributed by atoms with Crippen LogP contribution in [0.3, 0.4) is 0 Å². The van der Waals surface area contributed by atoms with Crippen molar-refractivity contribution in [2.45, 2.75) is 25.1 Å². The second-order valence-electron chi connectivity index (χ2n) is 4.78. The lowest BCUT2D eigenvalue weighted by molar-refractivity contribution is -0.136. The molecule has 0 aliphatic carbocycles. The molecular weight excluding hydrogens is 287 g/mol. The first-order valence-electron chi connectivity index (χ1n) is 6.32. The number of nitrogens with one attached hydrogen (secondary N) is 2. The lowest BCUT2D eigenvalue weighted by Crippen LogP contribution is -2.38. The number of carbonyl (C=O) groups is 2. The van der Waals surface area contributed by atoms with Gasteiger partial charge >= 0.3 is 6.18 Å². The van der Waals surface area contributed by atoms with Crippen LogP contribution in [0.2, 0.25) is 0 Å². The van der Waals surface area contributed by atoms with E-state index >= 15 is 0 Å². The highest BCUT2D eigenvalue weighted by Crippen LogP contribution is 2.34. The number of alkyl halides is 3. The van der Waals surface area contributed by atoms with Crippen LogP contribution in [-0.4, -0.2) is 24.4 Å². The van der Waals surface area contributed by atoms with E-state index in [1.807, 2.05) is 0 Å². The Morgan fingerprint density at radius 2 is 2.14 bits per heavy atom. The summed E-state index contributed by atoms with van der Waals surface area (Å²) in [6, 6.07) is 2.98. The molecule has 1 saturated heterocycles. The smallest absolute Gasteiger partial charge is 0.398 e. The van der Waals surface area contributed by atoms with Gasteiger partial charge in [-0.05, 0) is 18.6 Å². The lowest BCUT2D eigenvalue weighted by atomic mass is 10.1. The summed E-state index contributed by atoms with van der Waals surface area (Å²) in [5.74, 6) is -0.799. The molecule has 5 nitrogen and oxygen atoms in total. The Balaban J connectivity index is 2.07. The van der Waals surface area contributed by atoms with Gasteiger partial charge in [0, 0.05) is 19.0 Å². The average Bonchev–Trinajstić information content (AvgIpc) is 2.80. The van der Waals surface area contributed by atoms with E-state index in [1.54, 1.807) is 0 Å². The van der Waals surface area contributed by atoms with Crippen molar-refractivity contribution in [3.63, 3.8) is 0 Å². The molecule has 4 N–H and O–H groups in total. The molecule has 2 rings (SSSR count). The molecule has 0 aromatic heterocycles. The number of benzene rings is 1. The fourth-order valence-electron chi connectivity index (χ4n) is 2.15. The maximum atomic E-state index is 12.7. The second kappa shape index (κ2) is 5.63. The molecule has 1 aromatic carbocycles. The maximum absolute atomic E-state index is 12.7. The zero-order chi connectivity index (χ0) is 15.6. The van der Waals surface area contributed by atoms with Crippen LogP contribution in [0, 0.1) is 0 Å². The Morgan fingerprint density at radius 1 is 1.43 bits per heavy atom. The molecule has 1 aliphatic heterocycles. The van der Waals surface area contributed by atoms with Crippen molar-refractivity contribution in [1.29, 1.82) is 0 Å². The SMILES string of the molecule is Nc1c(C(=O)NCC2CCC(=O)N2)cccc1C(F)(F)F. The van der Waals surface area contributed by atoms with Gasteiger partial charge in [0.1, 0.15) is 0 Å². The van der Waals surface area contributed by atoms with E-state index in [0.717, 1.165) is 12.1 Å². The summed E-state index contributed by atoms with van der Waals surface area (Å²) in [4.78, 5) is 22.9. The summed E-state index contributed by atoms with van der Waals surface area (Å²) in [7, 11) is 0. The van der Waals surface area contributed by atoms with Gasteiger partial charge in [0.05, 0.1) is 16.8 Å². The Hall–Kier alpha value is -2.25. The van der Waals surface area contributed by atoms with Gasteiger partial charge in [-0.1, -0.05) is 6.07 Å².